The number of ether oxygens (including phenoxy) is 1. The molecule has 0 saturated heterocycles. The lowest BCUT2D eigenvalue weighted by atomic mass is 10.1. The van der Waals surface area contributed by atoms with Crippen molar-refractivity contribution in [2.45, 2.75) is 18.9 Å². The molecule has 0 aliphatic carbocycles. The molecule has 1 rings (SSSR count). The van der Waals surface area contributed by atoms with Crippen LogP contribution in [0.15, 0.2) is 11.8 Å². The zero-order valence-electron chi connectivity index (χ0n) is 5.83. The average molecular weight is 142 g/mol. The van der Waals surface area contributed by atoms with Crippen LogP contribution in [0, 0.1) is 0 Å². The second-order valence-corrected chi connectivity index (χ2v) is 2.47. The van der Waals surface area contributed by atoms with Crippen molar-refractivity contribution in [3.8, 4) is 0 Å². The van der Waals surface area contributed by atoms with Crippen LogP contribution in [0.1, 0.15) is 13.3 Å². The minimum absolute atomic E-state index is 0.377. The fraction of sp³-hybridized carbons (Fsp3) is 0.571. The van der Waals surface area contributed by atoms with Gasteiger partial charge in [0.1, 0.15) is 5.76 Å². The van der Waals surface area contributed by atoms with Crippen molar-refractivity contribution in [3.05, 3.63) is 11.8 Å². The number of aldehydes is 1. The zero-order chi connectivity index (χ0) is 7.61. The fourth-order valence-corrected chi connectivity index (χ4v) is 0.829. The largest absolute Gasteiger partial charge is 0.494 e. The Morgan fingerprint density at radius 2 is 2.60 bits per heavy atom. The summed E-state index contributed by atoms with van der Waals surface area (Å²) in [6, 6.07) is 0. The van der Waals surface area contributed by atoms with Gasteiger partial charge in [0.2, 0.25) is 0 Å². The van der Waals surface area contributed by atoms with E-state index < -0.39 is 5.60 Å². The summed E-state index contributed by atoms with van der Waals surface area (Å²) in [6.45, 7) is 1.98. The van der Waals surface area contributed by atoms with Crippen molar-refractivity contribution in [3.63, 3.8) is 0 Å². The summed E-state index contributed by atoms with van der Waals surface area (Å²) in [4.78, 5) is 10.2. The van der Waals surface area contributed by atoms with Gasteiger partial charge in [-0.3, -0.25) is 4.79 Å². The molecule has 1 unspecified atom stereocenters. The fourth-order valence-electron chi connectivity index (χ4n) is 0.829. The lowest BCUT2D eigenvalue weighted by Crippen LogP contribution is -2.28. The molecule has 0 aromatic rings. The Balaban J connectivity index is 2.71. The van der Waals surface area contributed by atoms with Crippen molar-refractivity contribution in [1.29, 1.82) is 0 Å². The smallest absolute Gasteiger partial charge is 0.173 e. The van der Waals surface area contributed by atoms with Gasteiger partial charge in [0.25, 0.3) is 0 Å². The van der Waals surface area contributed by atoms with Crippen LogP contribution < -0.4 is 0 Å². The molecule has 0 amide bonds. The van der Waals surface area contributed by atoms with Gasteiger partial charge in [0.15, 0.2) is 11.9 Å². The van der Waals surface area contributed by atoms with E-state index in [0.717, 1.165) is 6.42 Å². The molecule has 3 nitrogen and oxygen atoms in total. The molecule has 0 spiro atoms. The highest BCUT2D eigenvalue weighted by atomic mass is 16.5. The summed E-state index contributed by atoms with van der Waals surface area (Å²) in [5.74, 6) is 0.377. The van der Waals surface area contributed by atoms with Gasteiger partial charge in [0, 0.05) is 6.42 Å². The molecule has 0 fully saturated rings. The van der Waals surface area contributed by atoms with Crippen molar-refractivity contribution in [2.75, 3.05) is 6.61 Å². The third kappa shape index (κ3) is 1.19. The SMILES string of the molecule is CC(O)(C=O)C1=CCCO1. The molecule has 10 heavy (non-hydrogen) atoms. The lowest BCUT2D eigenvalue weighted by Gasteiger charge is -2.16. The highest BCUT2D eigenvalue weighted by molar-refractivity contribution is 5.66. The second kappa shape index (κ2) is 2.42. The van der Waals surface area contributed by atoms with E-state index in [1.807, 2.05) is 0 Å². The summed E-state index contributed by atoms with van der Waals surface area (Å²) >= 11 is 0. The maximum atomic E-state index is 10.2. The van der Waals surface area contributed by atoms with E-state index in [9.17, 15) is 9.90 Å². The zero-order valence-corrected chi connectivity index (χ0v) is 5.83. The van der Waals surface area contributed by atoms with Gasteiger partial charge in [0.05, 0.1) is 6.61 Å². The lowest BCUT2D eigenvalue weighted by molar-refractivity contribution is -0.122. The van der Waals surface area contributed by atoms with Crippen molar-refractivity contribution >= 4 is 6.29 Å². The molecule has 1 atom stereocenters. The second-order valence-electron chi connectivity index (χ2n) is 2.47. The van der Waals surface area contributed by atoms with E-state index in [0.29, 0.717) is 18.7 Å². The van der Waals surface area contributed by atoms with Gasteiger partial charge in [-0.05, 0) is 13.0 Å². The number of hydrogen-bond donors (Lipinski definition) is 1. The molecule has 0 saturated carbocycles. The highest BCUT2D eigenvalue weighted by Gasteiger charge is 2.28. The average Bonchev–Trinajstić information content (AvgIpc) is 2.38. The van der Waals surface area contributed by atoms with Gasteiger partial charge in [-0.2, -0.15) is 0 Å². The number of carbonyl (C=O) groups excluding carboxylic acids is 1. The monoisotopic (exact) mass is 142 g/mol. The van der Waals surface area contributed by atoms with Crippen LogP contribution in [0.25, 0.3) is 0 Å². The van der Waals surface area contributed by atoms with Crippen molar-refractivity contribution in [1.82, 2.24) is 0 Å². The van der Waals surface area contributed by atoms with Crippen LogP contribution in [0.4, 0.5) is 0 Å². The Kier molecular flexibility index (Phi) is 1.76. The molecule has 0 bridgehead atoms. The third-order valence-corrected chi connectivity index (χ3v) is 1.43. The minimum Gasteiger partial charge on any atom is -0.494 e. The Morgan fingerprint density at radius 3 is 3.00 bits per heavy atom. The first kappa shape index (κ1) is 7.28. The number of carbonyl (C=O) groups is 1. The molecular weight excluding hydrogens is 132 g/mol. The van der Waals surface area contributed by atoms with E-state index in [1.54, 1.807) is 6.08 Å². The summed E-state index contributed by atoms with van der Waals surface area (Å²) in [5.41, 5.74) is -1.42. The Bertz CT molecular complexity index is 170. The minimum atomic E-state index is -1.42. The van der Waals surface area contributed by atoms with Crippen LogP contribution in [0.2, 0.25) is 0 Å². The first-order valence-electron chi connectivity index (χ1n) is 3.19. The summed E-state index contributed by atoms with van der Waals surface area (Å²) in [5, 5.41) is 9.26. The molecule has 1 aliphatic rings. The van der Waals surface area contributed by atoms with Gasteiger partial charge in [-0.1, -0.05) is 0 Å². The standard InChI is InChI=1S/C7H10O3/c1-7(9,5-8)6-3-2-4-10-6/h3,5,9H,2,4H2,1H3. The molecule has 0 aromatic heterocycles. The molecule has 1 heterocycles. The quantitative estimate of drug-likeness (QED) is 0.562. The van der Waals surface area contributed by atoms with Crippen molar-refractivity contribution < 1.29 is 14.6 Å². The van der Waals surface area contributed by atoms with Gasteiger partial charge in [-0.25, -0.2) is 0 Å². The molecule has 1 aliphatic heterocycles. The predicted octanol–water partition coefficient (Wildman–Crippen LogP) is 0.240. The number of rotatable bonds is 2. The normalized spacial score (nSPS) is 22.8. The van der Waals surface area contributed by atoms with E-state index >= 15 is 0 Å². The maximum Gasteiger partial charge on any atom is 0.173 e. The third-order valence-electron chi connectivity index (χ3n) is 1.43. The molecular formula is C7H10O3. The predicted molar refractivity (Wildman–Crippen MR) is 35.3 cm³/mol. The molecule has 56 valence electrons. The first-order chi connectivity index (χ1) is 4.67. The topological polar surface area (TPSA) is 46.5 Å². The van der Waals surface area contributed by atoms with E-state index in [4.69, 9.17) is 4.74 Å². The number of hydrogen-bond acceptors (Lipinski definition) is 3. The molecule has 1 N–H and O–H groups in total. The molecule has 0 radical (unpaired) electrons. The Hall–Kier alpha value is -0.830. The van der Waals surface area contributed by atoms with Crippen LogP contribution >= 0.6 is 0 Å². The number of aliphatic hydroxyl groups is 1. The van der Waals surface area contributed by atoms with Gasteiger partial charge in [-0.15, -0.1) is 0 Å². The maximum absolute atomic E-state index is 10.2. The highest BCUT2D eigenvalue weighted by Crippen LogP contribution is 2.20. The van der Waals surface area contributed by atoms with E-state index in [-0.39, 0.29) is 0 Å². The molecule has 3 heteroatoms. The van der Waals surface area contributed by atoms with Gasteiger partial charge < -0.3 is 9.84 Å². The van der Waals surface area contributed by atoms with Crippen molar-refractivity contribution in [2.24, 2.45) is 0 Å². The summed E-state index contributed by atoms with van der Waals surface area (Å²) in [7, 11) is 0. The van der Waals surface area contributed by atoms with E-state index in [1.165, 1.54) is 6.92 Å². The van der Waals surface area contributed by atoms with Crippen LogP contribution in [0.3, 0.4) is 0 Å². The van der Waals surface area contributed by atoms with E-state index in [2.05, 4.69) is 0 Å². The Morgan fingerprint density at radius 1 is 1.90 bits per heavy atom. The summed E-state index contributed by atoms with van der Waals surface area (Å²) < 4.78 is 4.99. The van der Waals surface area contributed by atoms with Crippen LogP contribution in [0.5, 0.6) is 0 Å². The molecule has 0 aromatic carbocycles. The van der Waals surface area contributed by atoms with Crippen LogP contribution in [-0.2, 0) is 9.53 Å². The van der Waals surface area contributed by atoms with Gasteiger partial charge >= 0.3 is 0 Å². The summed E-state index contributed by atoms with van der Waals surface area (Å²) in [6.07, 6.45) is 2.98. The Labute approximate surface area is 59.3 Å². The van der Waals surface area contributed by atoms with Crippen LogP contribution in [-0.4, -0.2) is 23.6 Å². The first-order valence-corrected chi connectivity index (χ1v) is 3.19.